The van der Waals surface area contributed by atoms with Gasteiger partial charge >= 0.3 is 0 Å². The molecule has 3 atom stereocenters. The van der Waals surface area contributed by atoms with E-state index in [9.17, 15) is 0 Å². The third-order valence-corrected chi connectivity index (χ3v) is 3.61. The van der Waals surface area contributed by atoms with Crippen molar-refractivity contribution in [2.24, 2.45) is 0 Å². The van der Waals surface area contributed by atoms with Crippen LogP contribution in [0.25, 0.3) is 0 Å². The topological polar surface area (TPSA) is 62.8 Å². The normalized spacial score (nSPS) is 32.6. The van der Waals surface area contributed by atoms with E-state index in [0.29, 0.717) is 18.1 Å². The summed E-state index contributed by atoms with van der Waals surface area (Å²) in [6, 6.07) is 0.492. The molecule has 1 aliphatic heterocycles. The number of aromatic amines is 1. The first-order valence-corrected chi connectivity index (χ1v) is 6.07. The Bertz CT molecular complexity index is 370. The minimum atomic E-state index is 0. The summed E-state index contributed by atoms with van der Waals surface area (Å²) in [5, 5.41) is 10.7. The molecule has 1 aliphatic carbocycles. The lowest BCUT2D eigenvalue weighted by Crippen LogP contribution is -2.51. The number of fused-ring (bicyclic) bond motifs is 1. The molecule has 1 aromatic heterocycles. The van der Waals surface area contributed by atoms with E-state index < -0.39 is 0 Å². The van der Waals surface area contributed by atoms with Crippen molar-refractivity contribution in [1.29, 1.82) is 0 Å². The van der Waals surface area contributed by atoms with Crippen LogP contribution in [-0.4, -0.2) is 40.5 Å². The summed E-state index contributed by atoms with van der Waals surface area (Å²) < 4.78 is 5.76. The maximum absolute atomic E-state index is 5.76. The largest absolute Gasteiger partial charge is 0.375 e. The quantitative estimate of drug-likeness (QED) is 0.794. The van der Waals surface area contributed by atoms with E-state index in [1.54, 1.807) is 0 Å². The van der Waals surface area contributed by atoms with Gasteiger partial charge in [-0.05, 0) is 26.2 Å². The van der Waals surface area contributed by atoms with E-state index >= 15 is 0 Å². The summed E-state index contributed by atoms with van der Waals surface area (Å²) in [7, 11) is 0. The van der Waals surface area contributed by atoms with E-state index in [1.165, 1.54) is 0 Å². The highest BCUT2D eigenvalue weighted by Crippen LogP contribution is 2.33. The van der Waals surface area contributed by atoms with Crippen molar-refractivity contribution >= 4 is 12.4 Å². The molecule has 1 saturated heterocycles. The van der Waals surface area contributed by atoms with E-state index in [4.69, 9.17) is 4.74 Å². The number of aryl methyl sites for hydroxylation is 1. The van der Waals surface area contributed by atoms with Crippen molar-refractivity contribution in [3.8, 4) is 0 Å². The molecular formula is C11H19ClN4O. The third kappa shape index (κ3) is 2.61. The fourth-order valence-corrected chi connectivity index (χ4v) is 2.79. The lowest BCUT2D eigenvalue weighted by molar-refractivity contribution is -0.0279. The molecule has 3 rings (SSSR count). The van der Waals surface area contributed by atoms with Crippen molar-refractivity contribution in [3.05, 3.63) is 11.6 Å². The number of halogens is 1. The molecule has 1 saturated carbocycles. The van der Waals surface area contributed by atoms with Gasteiger partial charge in [-0.15, -0.1) is 12.4 Å². The monoisotopic (exact) mass is 258 g/mol. The van der Waals surface area contributed by atoms with Gasteiger partial charge in [-0.1, -0.05) is 0 Å². The highest BCUT2D eigenvalue weighted by Gasteiger charge is 2.34. The number of rotatable bonds is 1. The second-order valence-electron chi connectivity index (χ2n) is 4.76. The van der Waals surface area contributed by atoms with Crippen LogP contribution >= 0.6 is 12.4 Å². The lowest BCUT2D eigenvalue weighted by atomic mass is 9.82. The van der Waals surface area contributed by atoms with Crippen LogP contribution < -0.4 is 5.32 Å². The summed E-state index contributed by atoms with van der Waals surface area (Å²) in [6.07, 6.45) is 3.77. The Hall–Kier alpha value is -0.650. The van der Waals surface area contributed by atoms with Gasteiger partial charge in [0, 0.05) is 18.5 Å². The van der Waals surface area contributed by atoms with E-state index in [2.05, 4.69) is 20.5 Å². The van der Waals surface area contributed by atoms with Crippen LogP contribution in [0.15, 0.2) is 0 Å². The van der Waals surface area contributed by atoms with Gasteiger partial charge in [0.05, 0.1) is 12.7 Å². The number of aromatic nitrogens is 3. The summed E-state index contributed by atoms with van der Waals surface area (Å²) in [5.74, 6) is 2.37. The van der Waals surface area contributed by atoms with Gasteiger partial charge in [-0.25, -0.2) is 4.98 Å². The van der Waals surface area contributed by atoms with Gasteiger partial charge in [0.25, 0.3) is 0 Å². The van der Waals surface area contributed by atoms with E-state index in [1.807, 2.05) is 6.92 Å². The average Bonchev–Trinajstić information content (AvgIpc) is 2.75. The van der Waals surface area contributed by atoms with Gasteiger partial charge in [-0.3, -0.25) is 5.10 Å². The number of morpholine rings is 1. The Balaban J connectivity index is 0.00000108. The molecule has 96 valence electrons. The second kappa shape index (κ2) is 5.33. The van der Waals surface area contributed by atoms with Crippen LogP contribution in [0.2, 0.25) is 0 Å². The molecule has 2 heterocycles. The van der Waals surface area contributed by atoms with Gasteiger partial charge in [0.1, 0.15) is 5.82 Å². The number of hydrogen-bond acceptors (Lipinski definition) is 4. The fourth-order valence-electron chi connectivity index (χ4n) is 2.79. The Labute approximate surface area is 107 Å². The molecule has 0 amide bonds. The smallest absolute Gasteiger partial charge is 0.153 e. The van der Waals surface area contributed by atoms with Crippen LogP contribution in [-0.2, 0) is 4.74 Å². The number of nitrogens with zero attached hydrogens (tertiary/aromatic N) is 2. The third-order valence-electron chi connectivity index (χ3n) is 3.61. The first-order chi connectivity index (χ1) is 7.83. The maximum Gasteiger partial charge on any atom is 0.153 e. The van der Waals surface area contributed by atoms with Crippen molar-refractivity contribution in [1.82, 2.24) is 20.5 Å². The van der Waals surface area contributed by atoms with Crippen LogP contribution in [0, 0.1) is 6.92 Å². The summed E-state index contributed by atoms with van der Waals surface area (Å²) in [5.41, 5.74) is 0. The highest BCUT2D eigenvalue weighted by atomic mass is 35.5. The molecule has 0 spiro atoms. The summed E-state index contributed by atoms with van der Waals surface area (Å²) >= 11 is 0. The Morgan fingerprint density at radius 3 is 3.00 bits per heavy atom. The molecule has 5 nitrogen and oxygen atoms in total. The molecule has 2 aliphatic rings. The van der Waals surface area contributed by atoms with Gasteiger partial charge in [0.2, 0.25) is 0 Å². The summed E-state index contributed by atoms with van der Waals surface area (Å²) in [6.45, 7) is 3.77. The number of ether oxygens (including phenoxy) is 1. The highest BCUT2D eigenvalue weighted by molar-refractivity contribution is 5.85. The molecular weight excluding hydrogens is 240 g/mol. The van der Waals surface area contributed by atoms with Crippen molar-refractivity contribution in [2.75, 3.05) is 13.2 Å². The predicted octanol–water partition coefficient (Wildman–Crippen LogP) is 1.16. The zero-order valence-corrected chi connectivity index (χ0v) is 10.8. The first kappa shape index (κ1) is 12.8. The predicted molar refractivity (Wildman–Crippen MR) is 66.5 cm³/mol. The molecule has 0 radical (unpaired) electrons. The van der Waals surface area contributed by atoms with Crippen LogP contribution in [0.5, 0.6) is 0 Å². The molecule has 0 bridgehead atoms. The van der Waals surface area contributed by atoms with Crippen molar-refractivity contribution < 1.29 is 4.74 Å². The van der Waals surface area contributed by atoms with Gasteiger partial charge < -0.3 is 10.1 Å². The second-order valence-corrected chi connectivity index (χ2v) is 4.76. The first-order valence-electron chi connectivity index (χ1n) is 6.07. The van der Waals surface area contributed by atoms with E-state index in [0.717, 1.165) is 44.1 Å². The standard InChI is InChI=1S/C11H18N4O.ClH/c1-7-13-11(15-14-7)8-2-3-10-9(6-8)12-4-5-16-10;/h8-10,12H,2-6H2,1H3,(H,13,14,15);1H/t8-,9+,10+;/m0./s1. The number of H-pyrrole nitrogens is 1. The number of hydrogen-bond donors (Lipinski definition) is 2. The molecule has 0 unspecified atom stereocenters. The number of nitrogens with one attached hydrogen (secondary N) is 2. The Morgan fingerprint density at radius 1 is 1.35 bits per heavy atom. The molecule has 2 N–H and O–H groups in total. The Kier molecular flexibility index (Phi) is 4.01. The van der Waals surface area contributed by atoms with Crippen LogP contribution in [0.3, 0.4) is 0 Å². The minimum Gasteiger partial charge on any atom is -0.375 e. The maximum atomic E-state index is 5.76. The molecule has 6 heteroatoms. The van der Waals surface area contributed by atoms with Crippen molar-refractivity contribution in [3.63, 3.8) is 0 Å². The van der Waals surface area contributed by atoms with E-state index in [-0.39, 0.29) is 12.4 Å². The average molecular weight is 259 g/mol. The van der Waals surface area contributed by atoms with Crippen molar-refractivity contribution in [2.45, 2.75) is 44.2 Å². The zero-order valence-electron chi connectivity index (χ0n) is 9.98. The Morgan fingerprint density at radius 2 is 2.24 bits per heavy atom. The van der Waals surface area contributed by atoms with Gasteiger partial charge in [0.15, 0.2) is 5.82 Å². The zero-order chi connectivity index (χ0) is 11.0. The molecule has 0 aromatic carbocycles. The van der Waals surface area contributed by atoms with Crippen LogP contribution in [0.4, 0.5) is 0 Å². The van der Waals surface area contributed by atoms with Crippen LogP contribution in [0.1, 0.15) is 36.8 Å². The van der Waals surface area contributed by atoms with Gasteiger partial charge in [-0.2, -0.15) is 5.10 Å². The molecule has 2 fully saturated rings. The fraction of sp³-hybridized carbons (Fsp3) is 0.818. The molecule has 17 heavy (non-hydrogen) atoms. The SMILES string of the molecule is Cc1nc([C@H]2CC[C@H]3OCCN[C@@H]3C2)n[nH]1.Cl. The lowest BCUT2D eigenvalue weighted by Gasteiger charge is -2.38. The summed E-state index contributed by atoms with van der Waals surface area (Å²) in [4.78, 5) is 4.44. The molecule has 1 aromatic rings. The minimum absolute atomic E-state index is 0.